The van der Waals surface area contributed by atoms with Gasteiger partial charge in [0.25, 0.3) is 0 Å². The quantitative estimate of drug-likeness (QED) is 0.410. The van der Waals surface area contributed by atoms with Crippen LogP contribution in [0.25, 0.3) is 0 Å². The van der Waals surface area contributed by atoms with Gasteiger partial charge in [0.2, 0.25) is 0 Å². The first-order valence-electron chi connectivity index (χ1n) is 14.6. The molecule has 0 aromatic rings. The first-order chi connectivity index (χ1) is 14.6. The van der Waals surface area contributed by atoms with Crippen LogP contribution in [0.4, 0.5) is 0 Å². The molecule has 5 fully saturated rings. The van der Waals surface area contributed by atoms with Crippen LogP contribution in [0.2, 0.25) is 0 Å². The summed E-state index contributed by atoms with van der Waals surface area (Å²) in [4.78, 5) is 0. The summed E-state index contributed by atoms with van der Waals surface area (Å²) in [6.45, 7) is 15.8. The molecule has 5 rings (SSSR count). The third-order valence-electron chi connectivity index (χ3n) is 13.0. The van der Waals surface area contributed by atoms with Gasteiger partial charge in [-0.15, -0.1) is 0 Å². The van der Waals surface area contributed by atoms with Gasteiger partial charge in [-0.2, -0.15) is 0 Å². The summed E-state index contributed by atoms with van der Waals surface area (Å²) in [5, 5.41) is 0. The highest BCUT2D eigenvalue weighted by Crippen LogP contribution is 2.69. The average Bonchev–Trinajstić information content (AvgIpc) is 3.02. The lowest BCUT2D eigenvalue weighted by Gasteiger charge is -2.62. The van der Waals surface area contributed by atoms with E-state index < -0.39 is 0 Å². The Kier molecular flexibility index (Phi) is 5.91. The van der Waals surface area contributed by atoms with Crippen LogP contribution in [-0.4, -0.2) is 0 Å². The minimum absolute atomic E-state index is 0.602. The molecule has 178 valence electrons. The van der Waals surface area contributed by atoms with E-state index in [0.29, 0.717) is 16.2 Å². The highest BCUT2D eigenvalue weighted by molar-refractivity contribution is 5.10. The van der Waals surface area contributed by atoms with Gasteiger partial charge < -0.3 is 0 Å². The highest BCUT2D eigenvalue weighted by atomic mass is 14.7. The lowest BCUT2D eigenvalue weighted by molar-refractivity contribution is -0.129. The Morgan fingerprint density at radius 2 is 1.39 bits per heavy atom. The van der Waals surface area contributed by atoms with Crippen LogP contribution in [0.1, 0.15) is 131 Å². The number of hydrogen-bond acceptors (Lipinski definition) is 0. The molecule has 0 nitrogen and oxygen atoms in total. The van der Waals surface area contributed by atoms with Gasteiger partial charge in [-0.25, -0.2) is 0 Å². The predicted octanol–water partition coefficient (Wildman–Crippen LogP) is 9.52. The second-order valence-electron chi connectivity index (χ2n) is 15.0. The molecule has 0 heterocycles. The van der Waals surface area contributed by atoms with Gasteiger partial charge in [-0.1, -0.05) is 73.6 Å². The fraction of sp³-hybridized carbons (Fsp3) is 1.00. The first-order valence-corrected chi connectivity index (χ1v) is 14.6. The highest BCUT2D eigenvalue weighted by Gasteiger charge is 2.61. The summed E-state index contributed by atoms with van der Waals surface area (Å²) in [6.07, 6.45) is 21.4. The van der Waals surface area contributed by atoms with Crippen molar-refractivity contribution in [1.29, 1.82) is 0 Å². The maximum absolute atomic E-state index is 2.77. The Hall–Kier alpha value is 0. The van der Waals surface area contributed by atoms with E-state index in [9.17, 15) is 0 Å². The molecule has 5 aliphatic rings. The van der Waals surface area contributed by atoms with Gasteiger partial charge >= 0.3 is 0 Å². The molecular weight excluding hydrogens is 372 g/mol. The molecule has 0 radical (unpaired) electrons. The Morgan fingerprint density at radius 1 is 0.677 bits per heavy atom. The maximum atomic E-state index is 2.77. The molecule has 0 aromatic heterocycles. The van der Waals surface area contributed by atoms with Gasteiger partial charge in [-0.05, 0) is 121 Å². The van der Waals surface area contributed by atoms with Crippen molar-refractivity contribution in [2.45, 2.75) is 131 Å². The summed E-state index contributed by atoms with van der Waals surface area (Å²) in [5.74, 6) is 8.22. The van der Waals surface area contributed by atoms with Crippen LogP contribution >= 0.6 is 0 Å². The van der Waals surface area contributed by atoms with E-state index in [2.05, 4.69) is 41.5 Å². The molecule has 0 amide bonds. The topological polar surface area (TPSA) is 0 Å². The van der Waals surface area contributed by atoms with Gasteiger partial charge in [0.15, 0.2) is 0 Å². The van der Waals surface area contributed by atoms with Gasteiger partial charge in [0, 0.05) is 0 Å². The molecule has 9 atom stereocenters. The standard InChI is InChI=1S/C31H54/c1-21(23-8-7-9-23)10-11-22(2)26-14-15-27-25-13-12-24-20-29(3,4)18-19-30(24,5)28(25)16-17-31(26,27)6/h21-28H,7-20H2,1-6H3/t21-,22-,24+,25+,26-,27+,28+,30+,31-/m1/s1. The van der Waals surface area contributed by atoms with Gasteiger partial charge in [0.1, 0.15) is 0 Å². The molecule has 5 aliphatic carbocycles. The molecule has 5 saturated carbocycles. The molecule has 0 bridgehead atoms. The molecule has 0 aromatic carbocycles. The third kappa shape index (κ3) is 3.77. The van der Waals surface area contributed by atoms with Crippen LogP contribution in [0.3, 0.4) is 0 Å². The fourth-order valence-corrected chi connectivity index (χ4v) is 10.6. The normalized spacial score (nSPS) is 48.8. The van der Waals surface area contributed by atoms with E-state index in [1.165, 1.54) is 51.4 Å². The summed E-state index contributed by atoms with van der Waals surface area (Å²) < 4.78 is 0. The van der Waals surface area contributed by atoms with E-state index in [-0.39, 0.29) is 0 Å². The fourth-order valence-electron chi connectivity index (χ4n) is 10.6. The zero-order valence-corrected chi connectivity index (χ0v) is 22.0. The molecule has 0 N–H and O–H groups in total. The zero-order valence-electron chi connectivity index (χ0n) is 22.0. The maximum Gasteiger partial charge on any atom is -0.0264 e. The minimum atomic E-state index is 0.602. The monoisotopic (exact) mass is 426 g/mol. The summed E-state index contributed by atoms with van der Waals surface area (Å²) >= 11 is 0. The van der Waals surface area contributed by atoms with E-state index in [1.54, 1.807) is 38.5 Å². The number of fused-ring (bicyclic) bond motifs is 5. The predicted molar refractivity (Wildman–Crippen MR) is 134 cm³/mol. The van der Waals surface area contributed by atoms with Crippen molar-refractivity contribution in [2.75, 3.05) is 0 Å². The second-order valence-corrected chi connectivity index (χ2v) is 15.0. The van der Waals surface area contributed by atoms with E-state index >= 15 is 0 Å². The molecule has 0 unspecified atom stereocenters. The largest absolute Gasteiger partial charge is 0.0622 e. The van der Waals surface area contributed by atoms with Crippen molar-refractivity contribution in [2.24, 2.45) is 63.6 Å². The van der Waals surface area contributed by atoms with Crippen molar-refractivity contribution in [3.05, 3.63) is 0 Å². The van der Waals surface area contributed by atoms with Crippen molar-refractivity contribution < 1.29 is 0 Å². The van der Waals surface area contributed by atoms with Crippen LogP contribution in [0.5, 0.6) is 0 Å². The van der Waals surface area contributed by atoms with E-state index in [1.807, 2.05) is 0 Å². The Labute approximate surface area is 195 Å². The first kappa shape index (κ1) is 22.8. The minimum Gasteiger partial charge on any atom is -0.0622 e. The van der Waals surface area contributed by atoms with E-state index in [4.69, 9.17) is 0 Å². The van der Waals surface area contributed by atoms with Crippen LogP contribution in [-0.2, 0) is 0 Å². The Morgan fingerprint density at radius 3 is 2.10 bits per heavy atom. The number of rotatable bonds is 5. The van der Waals surface area contributed by atoms with Crippen LogP contribution < -0.4 is 0 Å². The molecule has 0 spiro atoms. The summed E-state index contributed by atoms with van der Waals surface area (Å²) in [6, 6.07) is 0. The number of hydrogen-bond donors (Lipinski definition) is 0. The van der Waals surface area contributed by atoms with Gasteiger partial charge in [-0.3, -0.25) is 0 Å². The Balaban J connectivity index is 1.26. The summed E-state index contributed by atoms with van der Waals surface area (Å²) in [5.41, 5.74) is 1.93. The zero-order chi connectivity index (χ0) is 22.0. The van der Waals surface area contributed by atoms with Gasteiger partial charge in [0.05, 0.1) is 0 Å². The van der Waals surface area contributed by atoms with Crippen molar-refractivity contribution in [3.8, 4) is 0 Å². The van der Waals surface area contributed by atoms with Crippen molar-refractivity contribution >= 4 is 0 Å². The lowest BCUT2D eigenvalue weighted by Crippen LogP contribution is -2.54. The smallest absolute Gasteiger partial charge is 0.0264 e. The molecule has 0 aliphatic heterocycles. The second kappa shape index (κ2) is 8.05. The molecule has 31 heavy (non-hydrogen) atoms. The molecule has 0 heteroatoms. The molecule has 0 saturated heterocycles. The lowest BCUT2D eigenvalue weighted by atomic mass is 9.43. The Bertz CT molecular complexity index is 642. The summed E-state index contributed by atoms with van der Waals surface area (Å²) in [7, 11) is 0. The molecular formula is C31H54. The average molecular weight is 427 g/mol. The van der Waals surface area contributed by atoms with Crippen molar-refractivity contribution in [1.82, 2.24) is 0 Å². The van der Waals surface area contributed by atoms with E-state index in [0.717, 1.165) is 47.3 Å². The van der Waals surface area contributed by atoms with Crippen LogP contribution in [0, 0.1) is 63.6 Å². The van der Waals surface area contributed by atoms with Crippen LogP contribution in [0.15, 0.2) is 0 Å². The SMILES string of the molecule is C[C@H](CC[C@@H](C)[C@H]1CC[C@H]2[C@@H]3CC[C@H]4CC(C)(C)CC[C@]4(C)[C@H]3CC[C@]12C)C1CCC1. The third-order valence-corrected chi connectivity index (χ3v) is 13.0. The van der Waals surface area contributed by atoms with Crippen molar-refractivity contribution in [3.63, 3.8) is 0 Å².